The van der Waals surface area contributed by atoms with Crippen LogP contribution < -0.4 is 4.90 Å². The fourth-order valence-corrected chi connectivity index (χ4v) is 4.97. The van der Waals surface area contributed by atoms with Gasteiger partial charge in [0.05, 0.1) is 22.7 Å². The Labute approximate surface area is 185 Å². The number of fused-ring (bicyclic) bond motifs is 2. The Morgan fingerprint density at radius 2 is 1.94 bits per heavy atom. The first-order chi connectivity index (χ1) is 15.7. The molecule has 0 saturated carbocycles. The average molecular weight is 435 g/mol. The molecule has 4 heterocycles. The molecule has 0 bridgehead atoms. The molecule has 1 atom stereocenters. The van der Waals surface area contributed by atoms with Crippen LogP contribution in [0.15, 0.2) is 36.4 Å². The first kappa shape index (κ1) is 19.7. The van der Waals surface area contributed by atoms with Crippen LogP contribution >= 0.6 is 0 Å². The highest BCUT2D eigenvalue weighted by Gasteiger charge is 2.23. The summed E-state index contributed by atoms with van der Waals surface area (Å²) in [4.78, 5) is 13.1. The smallest absolute Gasteiger partial charge is 0.159 e. The van der Waals surface area contributed by atoms with Gasteiger partial charge in [-0.3, -0.25) is 5.10 Å². The third-order valence-corrected chi connectivity index (χ3v) is 6.59. The molecule has 2 fully saturated rings. The summed E-state index contributed by atoms with van der Waals surface area (Å²) in [6.07, 6.45) is 3.86. The Kier molecular flexibility index (Phi) is 5.04. The van der Waals surface area contributed by atoms with Gasteiger partial charge >= 0.3 is 0 Å². The molecule has 2 saturated heterocycles. The predicted molar refractivity (Wildman–Crippen MR) is 123 cm³/mol. The minimum absolute atomic E-state index is 0.236. The molecule has 4 aromatic rings. The molecule has 2 aromatic heterocycles. The SMILES string of the molecule is Fc1ccc2c(-c3nc4ccc(N5CCCOC(CN6CCCC6)C5)cc4[nH]3)n[nH]c2c1. The second kappa shape index (κ2) is 8.18. The van der Waals surface area contributed by atoms with Crippen molar-refractivity contribution in [3.63, 3.8) is 0 Å². The van der Waals surface area contributed by atoms with Crippen LogP contribution in [0.1, 0.15) is 19.3 Å². The third-order valence-electron chi connectivity index (χ3n) is 6.59. The number of benzene rings is 2. The lowest BCUT2D eigenvalue weighted by Gasteiger charge is -2.28. The Bertz CT molecular complexity index is 1240. The lowest BCUT2D eigenvalue weighted by molar-refractivity contribution is 0.0451. The largest absolute Gasteiger partial charge is 0.375 e. The molecule has 2 aromatic carbocycles. The minimum atomic E-state index is -0.286. The Hall–Kier alpha value is -2.97. The zero-order valence-electron chi connectivity index (χ0n) is 18.0. The number of likely N-dealkylation sites (tertiary alicyclic amines) is 1. The molecule has 0 radical (unpaired) electrons. The number of hydrogen-bond donors (Lipinski definition) is 2. The van der Waals surface area contributed by atoms with E-state index in [1.54, 1.807) is 6.07 Å². The number of rotatable bonds is 4. The molecule has 1 unspecified atom stereocenters. The summed E-state index contributed by atoms with van der Waals surface area (Å²) in [5, 5.41) is 8.12. The van der Waals surface area contributed by atoms with E-state index in [4.69, 9.17) is 9.72 Å². The number of anilines is 1. The second-order valence-electron chi connectivity index (χ2n) is 8.85. The fraction of sp³-hybridized carbons (Fsp3) is 0.417. The zero-order valence-corrected chi connectivity index (χ0v) is 18.0. The molecule has 166 valence electrons. The minimum Gasteiger partial charge on any atom is -0.375 e. The summed E-state index contributed by atoms with van der Waals surface area (Å²) in [6, 6.07) is 11.0. The maximum atomic E-state index is 13.5. The van der Waals surface area contributed by atoms with Crippen LogP contribution in [0, 0.1) is 5.82 Å². The highest BCUT2D eigenvalue weighted by atomic mass is 19.1. The maximum absolute atomic E-state index is 13.5. The summed E-state index contributed by atoms with van der Waals surface area (Å²) in [6.45, 7) is 6.10. The van der Waals surface area contributed by atoms with Gasteiger partial charge in [0.15, 0.2) is 5.82 Å². The number of H-pyrrole nitrogens is 2. The predicted octanol–water partition coefficient (Wildman–Crippen LogP) is 3.94. The van der Waals surface area contributed by atoms with E-state index in [1.165, 1.54) is 43.8 Å². The first-order valence-electron chi connectivity index (χ1n) is 11.5. The fourth-order valence-electron chi connectivity index (χ4n) is 4.97. The van der Waals surface area contributed by atoms with Gasteiger partial charge < -0.3 is 19.5 Å². The Morgan fingerprint density at radius 1 is 1.03 bits per heavy atom. The molecule has 6 rings (SSSR count). The molecule has 8 heteroatoms. The van der Waals surface area contributed by atoms with E-state index >= 15 is 0 Å². The van der Waals surface area contributed by atoms with Crippen LogP contribution in [-0.2, 0) is 4.74 Å². The van der Waals surface area contributed by atoms with Gasteiger partial charge in [0.1, 0.15) is 11.5 Å². The van der Waals surface area contributed by atoms with Crippen molar-refractivity contribution in [1.29, 1.82) is 0 Å². The summed E-state index contributed by atoms with van der Waals surface area (Å²) in [7, 11) is 0. The number of aromatic nitrogens is 4. The monoisotopic (exact) mass is 434 g/mol. The quantitative estimate of drug-likeness (QED) is 0.509. The lowest BCUT2D eigenvalue weighted by Crippen LogP contribution is -2.39. The standard InChI is InChI=1S/C24H27FN6O/c25-16-4-6-19-21(12-16)28-29-23(19)24-26-20-7-5-17(13-22(20)27-24)31-10-3-11-32-18(15-31)14-30-8-1-2-9-30/h4-7,12-13,18H,1-3,8-11,14-15H2,(H,26,27)(H,28,29). The van der Waals surface area contributed by atoms with Gasteiger partial charge in [-0.25, -0.2) is 9.37 Å². The number of hydrogen-bond acceptors (Lipinski definition) is 5. The zero-order chi connectivity index (χ0) is 21.5. The van der Waals surface area contributed by atoms with Crippen molar-refractivity contribution in [1.82, 2.24) is 25.1 Å². The van der Waals surface area contributed by atoms with E-state index in [9.17, 15) is 4.39 Å². The number of aromatic amines is 2. The Morgan fingerprint density at radius 3 is 2.84 bits per heavy atom. The normalized spacial score (nSPS) is 20.4. The van der Waals surface area contributed by atoms with Crippen molar-refractivity contribution in [2.45, 2.75) is 25.4 Å². The van der Waals surface area contributed by atoms with Crippen LogP contribution in [-0.4, -0.2) is 70.5 Å². The summed E-state index contributed by atoms with van der Waals surface area (Å²) in [5.74, 6) is 0.396. The van der Waals surface area contributed by atoms with Gasteiger partial charge in [0, 0.05) is 37.3 Å². The van der Waals surface area contributed by atoms with E-state index in [0.29, 0.717) is 17.0 Å². The Balaban J connectivity index is 1.27. The number of imidazole rings is 1. The molecule has 2 N–H and O–H groups in total. The average Bonchev–Trinajstić information content (AvgIpc) is 3.50. The molecular formula is C24H27FN6O. The number of nitrogens with zero attached hydrogens (tertiary/aromatic N) is 4. The molecule has 2 aliphatic rings. The van der Waals surface area contributed by atoms with Crippen LogP contribution in [0.5, 0.6) is 0 Å². The number of ether oxygens (including phenoxy) is 1. The van der Waals surface area contributed by atoms with Gasteiger partial charge in [-0.1, -0.05) is 0 Å². The molecule has 2 aliphatic heterocycles. The van der Waals surface area contributed by atoms with Crippen LogP contribution in [0.2, 0.25) is 0 Å². The van der Waals surface area contributed by atoms with Gasteiger partial charge in [-0.15, -0.1) is 0 Å². The van der Waals surface area contributed by atoms with E-state index in [1.807, 2.05) is 0 Å². The third kappa shape index (κ3) is 3.73. The first-order valence-corrected chi connectivity index (χ1v) is 11.5. The molecule has 0 amide bonds. The second-order valence-corrected chi connectivity index (χ2v) is 8.85. The van der Waals surface area contributed by atoms with Crippen molar-refractivity contribution in [3.05, 3.63) is 42.2 Å². The van der Waals surface area contributed by atoms with Crippen LogP contribution in [0.3, 0.4) is 0 Å². The van der Waals surface area contributed by atoms with Crippen molar-refractivity contribution >= 4 is 27.6 Å². The molecule has 0 spiro atoms. The van der Waals surface area contributed by atoms with E-state index in [0.717, 1.165) is 49.1 Å². The topological polar surface area (TPSA) is 73.1 Å². The number of nitrogens with one attached hydrogen (secondary N) is 2. The highest BCUT2D eigenvalue weighted by molar-refractivity contribution is 5.93. The summed E-state index contributed by atoms with van der Waals surface area (Å²) < 4.78 is 19.7. The van der Waals surface area contributed by atoms with Gasteiger partial charge in [-0.05, 0) is 68.8 Å². The maximum Gasteiger partial charge on any atom is 0.159 e. The van der Waals surface area contributed by atoms with E-state index in [2.05, 4.69) is 43.2 Å². The lowest BCUT2D eigenvalue weighted by atomic mass is 10.2. The summed E-state index contributed by atoms with van der Waals surface area (Å²) in [5.41, 5.74) is 4.40. The van der Waals surface area contributed by atoms with Crippen molar-refractivity contribution in [3.8, 4) is 11.5 Å². The molecule has 0 aliphatic carbocycles. The van der Waals surface area contributed by atoms with Crippen LogP contribution in [0.25, 0.3) is 33.5 Å². The van der Waals surface area contributed by atoms with Crippen molar-refractivity contribution in [2.75, 3.05) is 44.2 Å². The molecule has 7 nitrogen and oxygen atoms in total. The van der Waals surface area contributed by atoms with E-state index in [-0.39, 0.29) is 11.9 Å². The molecular weight excluding hydrogens is 407 g/mol. The van der Waals surface area contributed by atoms with Crippen LogP contribution in [0.4, 0.5) is 10.1 Å². The van der Waals surface area contributed by atoms with Gasteiger partial charge in [0.25, 0.3) is 0 Å². The van der Waals surface area contributed by atoms with Crippen molar-refractivity contribution < 1.29 is 9.13 Å². The van der Waals surface area contributed by atoms with Gasteiger partial charge in [0.2, 0.25) is 0 Å². The van der Waals surface area contributed by atoms with Gasteiger partial charge in [-0.2, -0.15) is 5.10 Å². The van der Waals surface area contributed by atoms with Crippen molar-refractivity contribution in [2.24, 2.45) is 0 Å². The summed E-state index contributed by atoms with van der Waals surface area (Å²) >= 11 is 0. The van der Waals surface area contributed by atoms with E-state index < -0.39 is 0 Å². The molecule has 32 heavy (non-hydrogen) atoms. The highest BCUT2D eigenvalue weighted by Crippen LogP contribution is 2.29. The number of halogens is 1.